The largest absolute Gasteiger partial charge is 0.497 e. The van der Waals surface area contributed by atoms with Crippen LogP contribution >= 0.6 is 0 Å². The Labute approximate surface area is 175 Å². The zero-order valence-electron chi connectivity index (χ0n) is 16.8. The van der Waals surface area contributed by atoms with Crippen molar-refractivity contribution in [2.24, 2.45) is 0 Å². The molecule has 0 radical (unpaired) electrons. The molecular weight excluding hydrogens is 376 g/mol. The summed E-state index contributed by atoms with van der Waals surface area (Å²) in [4.78, 5) is 16.6. The maximum atomic E-state index is 12.4. The van der Waals surface area contributed by atoms with Gasteiger partial charge in [-0.2, -0.15) is 5.10 Å². The van der Waals surface area contributed by atoms with E-state index < -0.39 is 0 Å². The number of hydrogen-bond acceptors (Lipinski definition) is 4. The van der Waals surface area contributed by atoms with Gasteiger partial charge in [0.1, 0.15) is 5.75 Å². The number of pyridine rings is 1. The number of H-pyrrole nitrogens is 1. The number of hydrogen-bond donors (Lipinski definition) is 2. The van der Waals surface area contributed by atoms with Crippen molar-refractivity contribution in [2.45, 2.75) is 13.5 Å². The number of carbonyl (C=O) groups excluding carboxylic acids is 1. The number of carbonyl (C=O) groups is 1. The van der Waals surface area contributed by atoms with Gasteiger partial charge in [0.2, 0.25) is 0 Å². The molecule has 0 unspecified atom stereocenters. The summed E-state index contributed by atoms with van der Waals surface area (Å²) in [7, 11) is 1.58. The lowest BCUT2D eigenvalue weighted by Gasteiger charge is -2.09. The van der Waals surface area contributed by atoms with Crippen LogP contribution in [0.25, 0.3) is 22.4 Å². The number of rotatable bonds is 6. The van der Waals surface area contributed by atoms with Crippen LogP contribution in [-0.4, -0.2) is 28.2 Å². The average Bonchev–Trinajstić information content (AvgIpc) is 3.28. The van der Waals surface area contributed by atoms with Gasteiger partial charge in [-0.25, -0.2) is 0 Å². The Morgan fingerprint density at radius 3 is 2.67 bits per heavy atom. The van der Waals surface area contributed by atoms with E-state index >= 15 is 0 Å². The van der Waals surface area contributed by atoms with Gasteiger partial charge in [0.05, 0.1) is 19.0 Å². The molecule has 0 saturated carbocycles. The van der Waals surface area contributed by atoms with Crippen molar-refractivity contribution < 1.29 is 9.53 Å². The molecule has 4 aromatic rings. The second-order valence-electron chi connectivity index (χ2n) is 6.96. The molecule has 30 heavy (non-hydrogen) atoms. The minimum absolute atomic E-state index is 0.137. The number of nitrogens with zero attached hydrogens (tertiary/aromatic N) is 2. The summed E-state index contributed by atoms with van der Waals surface area (Å²) in [5, 5.41) is 10.3. The van der Waals surface area contributed by atoms with E-state index in [0.717, 1.165) is 33.5 Å². The molecule has 1 amide bonds. The molecule has 6 heteroatoms. The van der Waals surface area contributed by atoms with E-state index in [4.69, 9.17) is 4.74 Å². The Balaban J connectivity index is 1.47. The maximum absolute atomic E-state index is 12.4. The highest BCUT2D eigenvalue weighted by molar-refractivity contribution is 5.94. The van der Waals surface area contributed by atoms with Crippen LogP contribution in [-0.2, 0) is 6.54 Å². The minimum Gasteiger partial charge on any atom is -0.497 e. The first-order valence-electron chi connectivity index (χ1n) is 9.61. The lowest BCUT2D eigenvalue weighted by atomic mass is 9.99. The summed E-state index contributed by atoms with van der Waals surface area (Å²) in [6, 6.07) is 17.2. The number of aromatic nitrogens is 3. The summed E-state index contributed by atoms with van der Waals surface area (Å²) < 4.78 is 5.17. The fourth-order valence-electron chi connectivity index (χ4n) is 3.32. The van der Waals surface area contributed by atoms with E-state index in [-0.39, 0.29) is 5.91 Å². The van der Waals surface area contributed by atoms with E-state index in [1.165, 1.54) is 0 Å². The van der Waals surface area contributed by atoms with Crippen molar-refractivity contribution in [3.05, 3.63) is 89.9 Å². The topological polar surface area (TPSA) is 79.9 Å². The average molecular weight is 398 g/mol. The Hall–Kier alpha value is -3.93. The smallest absolute Gasteiger partial charge is 0.251 e. The summed E-state index contributed by atoms with van der Waals surface area (Å²) in [6.45, 7) is 2.48. The minimum atomic E-state index is -0.137. The Morgan fingerprint density at radius 2 is 1.90 bits per heavy atom. The molecule has 0 aliphatic rings. The third kappa shape index (κ3) is 4.07. The quantitative estimate of drug-likeness (QED) is 0.505. The fourth-order valence-corrected chi connectivity index (χ4v) is 3.32. The molecule has 6 nitrogen and oxygen atoms in total. The standard InChI is InChI=1S/C24H22N4O2/c1-16-13-25-11-10-21(16)22-15-27-28-23(22)18-8-6-17(7-9-18)14-26-24(29)19-4-3-5-20(12-19)30-2/h3-13,15H,14H2,1-2H3,(H,26,29)(H,27,28). The molecule has 0 saturated heterocycles. The number of aryl methyl sites for hydroxylation is 1. The second kappa shape index (κ2) is 8.61. The number of ether oxygens (including phenoxy) is 1. The van der Waals surface area contributed by atoms with Gasteiger partial charge < -0.3 is 10.1 Å². The first-order chi connectivity index (χ1) is 14.7. The lowest BCUT2D eigenvalue weighted by Crippen LogP contribution is -2.22. The molecule has 2 aromatic heterocycles. The molecule has 0 aliphatic carbocycles. The van der Waals surface area contributed by atoms with Crippen molar-refractivity contribution in [3.8, 4) is 28.1 Å². The summed E-state index contributed by atoms with van der Waals surface area (Å²) in [6.07, 6.45) is 5.47. The SMILES string of the molecule is COc1cccc(C(=O)NCc2ccc(-c3[nH]ncc3-c3ccncc3C)cc2)c1. The first-order valence-corrected chi connectivity index (χ1v) is 9.61. The van der Waals surface area contributed by atoms with Crippen LogP contribution in [0.15, 0.2) is 73.2 Å². The molecule has 4 rings (SSSR count). The third-order valence-corrected chi connectivity index (χ3v) is 4.98. The molecule has 0 atom stereocenters. The van der Waals surface area contributed by atoms with Crippen LogP contribution in [0.1, 0.15) is 21.5 Å². The molecular formula is C24H22N4O2. The van der Waals surface area contributed by atoms with Gasteiger partial charge >= 0.3 is 0 Å². The molecule has 2 N–H and O–H groups in total. The summed E-state index contributed by atoms with van der Waals surface area (Å²) in [5.74, 6) is 0.522. The summed E-state index contributed by atoms with van der Waals surface area (Å²) >= 11 is 0. The van der Waals surface area contributed by atoms with Crippen LogP contribution in [0.2, 0.25) is 0 Å². The van der Waals surface area contributed by atoms with Gasteiger partial charge in [0.15, 0.2) is 0 Å². The first kappa shape index (κ1) is 19.4. The van der Waals surface area contributed by atoms with Crippen molar-refractivity contribution in [3.63, 3.8) is 0 Å². The number of methoxy groups -OCH3 is 1. The highest BCUT2D eigenvalue weighted by atomic mass is 16.5. The van der Waals surface area contributed by atoms with Gasteiger partial charge in [-0.3, -0.25) is 14.9 Å². The summed E-state index contributed by atoms with van der Waals surface area (Å²) in [5.41, 5.74) is 6.80. The van der Waals surface area contributed by atoms with E-state index in [0.29, 0.717) is 17.9 Å². The van der Waals surface area contributed by atoms with Gasteiger partial charge in [0.25, 0.3) is 5.91 Å². The monoisotopic (exact) mass is 398 g/mol. The molecule has 2 aromatic carbocycles. The zero-order valence-corrected chi connectivity index (χ0v) is 16.8. The molecule has 0 spiro atoms. The molecule has 2 heterocycles. The van der Waals surface area contributed by atoms with E-state index in [1.807, 2.05) is 55.7 Å². The lowest BCUT2D eigenvalue weighted by molar-refractivity contribution is 0.0950. The molecule has 0 bridgehead atoms. The number of benzene rings is 2. The van der Waals surface area contributed by atoms with Crippen LogP contribution in [0, 0.1) is 6.92 Å². The zero-order chi connectivity index (χ0) is 20.9. The molecule has 0 aliphatic heterocycles. The Bertz CT molecular complexity index is 1170. The number of aromatic amines is 1. The van der Waals surface area contributed by atoms with E-state index in [9.17, 15) is 4.79 Å². The van der Waals surface area contributed by atoms with Crippen LogP contribution in [0.5, 0.6) is 5.75 Å². The maximum Gasteiger partial charge on any atom is 0.251 e. The van der Waals surface area contributed by atoms with Crippen molar-refractivity contribution in [1.29, 1.82) is 0 Å². The van der Waals surface area contributed by atoms with Crippen molar-refractivity contribution in [1.82, 2.24) is 20.5 Å². The van der Waals surface area contributed by atoms with Crippen molar-refractivity contribution >= 4 is 5.91 Å². The predicted octanol–water partition coefficient (Wildman–Crippen LogP) is 4.39. The van der Waals surface area contributed by atoms with Crippen molar-refractivity contribution in [2.75, 3.05) is 7.11 Å². The van der Waals surface area contributed by atoms with Crippen LogP contribution in [0.4, 0.5) is 0 Å². The normalized spacial score (nSPS) is 10.6. The van der Waals surface area contributed by atoms with Gasteiger partial charge in [-0.15, -0.1) is 0 Å². The molecule has 0 fully saturated rings. The molecule has 150 valence electrons. The van der Waals surface area contributed by atoms with Gasteiger partial charge in [-0.1, -0.05) is 30.3 Å². The van der Waals surface area contributed by atoms with Gasteiger partial charge in [-0.05, 0) is 47.9 Å². The van der Waals surface area contributed by atoms with Gasteiger partial charge in [0, 0.05) is 35.6 Å². The fraction of sp³-hybridized carbons (Fsp3) is 0.125. The highest BCUT2D eigenvalue weighted by Gasteiger charge is 2.12. The van der Waals surface area contributed by atoms with E-state index in [1.54, 1.807) is 31.5 Å². The Morgan fingerprint density at radius 1 is 1.07 bits per heavy atom. The highest BCUT2D eigenvalue weighted by Crippen LogP contribution is 2.31. The van der Waals surface area contributed by atoms with Crippen LogP contribution < -0.4 is 10.1 Å². The predicted molar refractivity (Wildman–Crippen MR) is 116 cm³/mol. The number of nitrogens with one attached hydrogen (secondary N) is 2. The van der Waals surface area contributed by atoms with Crippen LogP contribution in [0.3, 0.4) is 0 Å². The van der Waals surface area contributed by atoms with E-state index in [2.05, 4.69) is 20.5 Å². The number of amides is 1. The third-order valence-electron chi connectivity index (χ3n) is 4.98. The Kier molecular flexibility index (Phi) is 5.57. The second-order valence-corrected chi connectivity index (χ2v) is 6.96.